The Balaban J connectivity index is 3.31. The summed E-state index contributed by atoms with van der Waals surface area (Å²) in [6.07, 6.45) is 0. The first-order valence-electron chi connectivity index (χ1n) is 6.32. The van der Waals surface area contributed by atoms with Gasteiger partial charge in [-0.25, -0.2) is 8.42 Å². The van der Waals surface area contributed by atoms with Crippen LogP contribution in [-0.4, -0.2) is 39.0 Å². The highest BCUT2D eigenvalue weighted by Crippen LogP contribution is 2.29. The number of halogens is 1. The lowest BCUT2D eigenvalue weighted by atomic mass is 10.2. The van der Waals surface area contributed by atoms with E-state index < -0.39 is 10.0 Å². The molecule has 20 heavy (non-hydrogen) atoms. The van der Waals surface area contributed by atoms with Crippen LogP contribution in [0.15, 0.2) is 17.0 Å². The first-order valence-corrected chi connectivity index (χ1v) is 8.13. The predicted octanol–water partition coefficient (Wildman–Crippen LogP) is 2.28. The van der Waals surface area contributed by atoms with E-state index in [1.807, 2.05) is 0 Å². The number of nitrogens with zero attached hydrogens (tertiary/aromatic N) is 1. The number of anilines is 1. The van der Waals surface area contributed by atoms with Gasteiger partial charge in [-0.2, -0.15) is 4.31 Å². The van der Waals surface area contributed by atoms with E-state index in [1.54, 1.807) is 26.8 Å². The molecule has 0 amide bonds. The van der Waals surface area contributed by atoms with E-state index in [9.17, 15) is 8.42 Å². The molecule has 1 atom stereocenters. The average Bonchev–Trinajstić information content (AvgIpc) is 2.34. The van der Waals surface area contributed by atoms with Crippen LogP contribution in [0.25, 0.3) is 0 Å². The first kappa shape index (κ1) is 17.2. The minimum atomic E-state index is -3.70. The summed E-state index contributed by atoms with van der Waals surface area (Å²) in [5.74, 6) is 0. The van der Waals surface area contributed by atoms with Crippen molar-refractivity contribution < 1.29 is 13.2 Å². The van der Waals surface area contributed by atoms with Crippen molar-refractivity contribution in [1.29, 1.82) is 0 Å². The number of aryl methyl sites for hydroxylation is 1. The van der Waals surface area contributed by atoms with Crippen LogP contribution in [0, 0.1) is 6.92 Å². The maximum absolute atomic E-state index is 12.7. The van der Waals surface area contributed by atoms with Gasteiger partial charge >= 0.3 is 0 Å². The monoisotopic (exact) mass is 320 g/mol. The van der Waals surface area contributed by atoms with Gasteiger partial charge in [-0.15, -0.1) is 0 Å². The lowest BCUT2D eigenvalue weighted by molar-refractivity contribution is 0.142. The highest BCUT2D eigenvalue weighted by Gasteiger charge is 2.30. The van der Waals surface area contributed by atoms with Crippen molar-refractivity contribution in [3.63, 3.8) is 0 Å². The summed E-state index contributed by atoms with van der Waals surface area (Å²) < 4.78 is 31.8. The van der Waals surface area contributed by atoms with Gasteiger partial charge in [0.15, 0.2) is 0 Å². The fourth-order valence-electron chi connectivity index (χ4n) is 2.04. The largest absolute Gasteiger partial charge is 0.398 e. The summed E-state index contributed by atoms with van der Waals surface area (Å²) in [4.78, 5) is 0.0343. The number of likely N-dealkylation sites (N-methyl/N-ethyl adjacent to an activating group) is 1. The molecule has 0 aliphatic heterocycles. The molecule has 1 unspecified atom stereocenters. The number of ether oxygens (including phenoxy) is 1. The van der Waals surface area contributed by atoms with Crippen LogP contribution < -0.4 is 5.73 Å². The molecular weight excluding hydrogens is 300 g/mol. The average molecular weight is 321 g/mol. The number of benzene rings is 1. The van der Waals surface area contributed by atoms with Crippen molar-refractivity contribution in [3.05, 3.63) is 22.7 Å². The Labute approximate surface area is 125 Å². The van der Waals surface area contributed by atoms with E-state index in [2.05, 4.69) is 0 Å². The number of methoxy groups -OCH3 is 1. The lowest BCUT2D eigenvalue weighted by Gasteiger charge is -2.27. The molecule has 7 heteroatoms. The van der Waals surface area contributed by atoms with E-state index in [0.717, 1.165) is 5.56 Å². The smallest absolute Gasteiger partial charge is 0.244 e. The highest BCUT2D eigenvalue weighted by atomic mass is 35.5. The third-order valence-corrected chi connectivity index (χ3v) is 5.67. The molecule has 0 radical (unpaired) electrons. The molecule has 2 N–H and O–H groups in total. The first-order chi connectivity index (χ1) is 9.25. The van der Waals surface area contributed by atoms with Gasteiger partial charge in [0.2, 0.25) is 10.0 Å². The molecule has 0 bridgehead atoms. The quantitative estimate of drug-likeness (QED) is 0.816. The van der Waals surface area contributed by atoms with Gasteiger partial charge < -0.3 is 10.5 Å². The summed E-state index contributed by atoms with van der Waals surface area (Å²) >= 11 is 6.08. The Hall–Kier alpha value is -0.820. The molecule has 0 aliphatic carbocycles. The van der Waals surface area contributed by atoms with Crippen LogP contribution in [0.1, 0.15) is 19.4 Å². The van der Waals surface area contributed by atoms with Gasteiger partial charge in [-0.05, 0) is 31.5 Å². The van der Waals surface area contributed by atoms with Crippen LogP contribution >= 0.6 is 11.6 Å². The maximum Gasteiger partial charge on any atom is 0.244 e. The zero-order valence-electron chi connectivity index (χ0n) is 12.2. The van der Waals surface area contributed by atoms with E-state index in [4.69, 9.17) is 22.1 Å². The fourth-order valence-corrected chi connectivity index (χ4v) is 4.25. The van der Waals surface area contributed by atoms with Gasteiger partial charge in [0, 0.05) is 25.4 Å². The second-order valence-electron chi connectivity index (χ2n) is 4.65. The van der Waals surface area contributed by atoms with Gasteiger partial charge in [-0.3, -0.25) is 0 Å². The standard InChI is InChI=1S/C13H21ClN2O3S/c1-5-16(10(3)8-19-4)20(17,18)13-7-12(15)9(2)6-11(13)14/h6-7,10H,5,8,15H2,1-4H3. The molecule has 0 saturated carbocycles. The van der Waals surface area contributed by atoms with E-state index in [1.165, 1.54) is 17.5 Å². The fraction of sp³-hybridized carbons (Fsp3) is 0.538. The third-order valence-electron chi connectivity index (χ3n) is 3.12. The number of rotatable bonds is 6. The van der Waals surface area contributed by atoms with Crippen LogP contribution in [0.4, 0.5) is 5.69 Å². The Morgan fingerprint density at radius 3 is 2.55 bits per heavy atom. The Bertz CT molecular complexity index is 575. The van der Waals surface area contributed by atoms with Gasteiger partial charge in [0.1, 0.15) is 4.90 Å². The van der Waals surface area contributed by atoms with Gasteiger partial charge in [-0.1, -0.05) is 18.5 Å². The molecule has 1 aromatic rings. The number of nitrogen functional groups attached to an aromatic ring is 1. The zero-order valence-corrected chi connectivity index (χ0v) is 13.8. The van der Waals surface area contributed by atoms with Crippen molar-refractivity contribution in [2.45, 2.75) is 31.7 Å². The Kier molecular flexibility index (Phi) is 5.82. The normalized spacial score (nSPS) is 13.7. The molecule has 1 aromatic carbocycles. The molecule has 114 valence electrons. The zero-order chi connectivity index (χ0) is 15.5. The maximum atomic E-state index is 12.7. The summed E-state index contributed by atoms with van der Waals surface area (Å²) in [5, 5.41) is 0.180. The minimum Gasteiger partial charge on any atom is -0.398 e. The van der Waals surface area contributed by atoms with E-state index in [0.29, 0.717) is 18.8 Å². The topological polar surface area (TPSA) is 72.6 Å². The Morgan fingerprint density at radius 2 is 2.05 bits per heavy atom. The number of hydrogen-bond acceptors (Lipinski definition) is 4. The van der Waals surface area contributed by atoms with Crippen LogP contribution in [-0.2, 0) is 14.8 Å². The molecule has 1 rings (SSSR count). The summed E-state index contributed by atoms with van der Waals surface area (Å²) in [5.41, 5.74) is 6.95. The number of nitrogens with two attached hydrogens (primary N) is 1. The second kappa shape index (κ2) is 6.76. The number of sulfonamides is 1. The molecule has 0 spiro atoms. The second-order valence-corrected chi connectivity index (χ2v) is 6.92. The minimum absolute atomic E-state index is 0.0343. The highest BCUT2D eigenvalue weighted by molar-refractivity contribution is 7.89. The van der Waals surface area contributed by atoms with Crippen LogP contribution in [0.3, 0.4) is 0 Å². The third kappa shape index (κ3) is 3.44. The van der Waals surface area contributed by atoms with Gasteiger partial charge in [0.05, 0.1) is 11.6 Å². The molecule has 0 saturated heterocycles. The van der Waals surface area contributed by atoms with Crippen molar-refractivity contribution in [3.8, 4) is 0 Å². The molecular formula is C13H21ClN2O3S. The van der Waals surface area contributed by atoms with Crippen molar-refractivity contribution in [1.82, 2.24) is 4.31 Å². The molecule has 0 heterocycles. The van der Waals surface area contributed by atoms with E-state index in [-0.39, 0.29) is 16.0 Å². The van der Waals surface area contributed by atoms with E-state index >= 15 is 0 Å². The van der Waals surface area contributed by atoms with Crippen molar-refractivity contribution in [2.24, 2.45) is 0 Å². The van der Waals surface area contributed by atoms with Crippen LogP contribution in [0.2, 0.25) is 5.02 Å². The molecule has 0 aliphatic rings. The lowest BCUT2D eigenvalue weighted by Crippen LogP contribution is -2.41. The Morgan fingerprint density at radius 1 is 1.45 bits per heavy atom. The summed E-state index contributed by atoms with van der Waals surface area (Å²) in [7, 11) is -2.17. The van der Waals surface area contributed by atoms with Crippen LogP contribution in [0.5, 0.6) is 0 Å². The summed E-state index contributed by atoms with van der Waals surface area (Å²) in [6.45, 7) is 5.98. The predicted molar refractivity (Wildman–Crippen MR) is 81.5 cm³/mol. The number of hydrogen-bond donors (Lipinski definition) is 1. The molecule has 0 fully saturated rings. The van der Waals surface area contributed by atoms with Crippen molar-refractivity contribution in [2.75, 3.05) is 26.0 Å². The van der Waals surface area contributed by atoms with Crippen molar-refractivity contribution >= 4 is 27.3 Å². The van der Waals surface area contributed by atoms with Gasteiger partial charge in [0.25, 0.3) is 0 Å². The molecule has 0 aromatic heterocycles. The summed E-state index contributed by atoms with van der Waals surface area (Å²) in [6, 6.07) is 2.70. The SMILES string of the molecule is CCN(C(C)COC)S(=O)(=O)c1cc(N)c(C)cc1Cl. The molecule has 5 nitrogen and oxygen atoms in total.